The first-order valence-corrected chi connectivity index (χ1v) is 6.98. The van der Waals surface area contributed by atoms with Gasteiger partial charge in [0.1, 0.15) is 0 Å². The van der Waals surface area contributed by atoms with Crippen LogP contribution in [0.1, 0.15) is 37.3 Å². The molecule has 4 heteroatoms. The predicted molar refractivity (Wildman–Crippen MR) is 70.6 cm³/mol. The minimum atomic E-state index is -0.806. The summed E-state index contributed by atoms with van der Waals surface area (Å²) in [5.41, 5.74) is 6.99. The first-order valence-electron chi connectivity index (χ1n) is 6.98. The second kappa shape index (κ2) is 4.84. The van der Waals surface area contributed by atoms with E-state index in [0.29, 0.717) is 23.6 Å². The van der Waals surface area contributed by atoms with E-state index < -0.39 is 11.6 Å². The van der Waals surface area contributed by atoms with Crippen molar-refractivity contribution in [1.29, 1.82) is 0 Å². The Bertz CT molecular complexity index is 463. The Labute approximate surface area is 112 Å². The number of benzene rings is 1. The Morgan fingerprint density at radius 1 is 1.16 bits per heavy atom. The molecule has 0 saturated carbocycles. The van der Waals surface area contributed by atoms with Gasteiger partial charge in [-0.25, -0.2) is 8.78 Å². The van der Waals surface area contributed by atoms with Gasteiger partial charge in [0.15, 0.2) is 11.6 Å². The van der Waals surface area contributed by atoms with Gasteiger partial charge in [-0.1, -0.05) is 6.07 Å². The van der Waals surface area contributed by atoms with Gasteiger partial charge >= 0.3 is 0 Å². The van der Waals surface area contributed by atoms with Crippen LogP contribution in [0.3, 0.4) is 0 Å². The Balaban J connectivity index is 1.77. The van der Waals surface area contributed by atoms with Gasteiger partial charge in [-0.3, -0.25) is 0 Å². The monoisotopic (exact) mass is 266 g/mol. The third-order valence-corrected chi connectivity index (χ3v) is 4.97. The van der Waals surface area contributed by atoms with Crippen LogP contribution < -0.4 is 5.73 Å². The minimum absolute atomic E-state index is 0.188. The third kappa shape index (κ3) is 2.28. The maximum Gasteiger partial charge on any atom is 0.159 e. The van der Waals surface area contributed by atoms with E-state index in [4.69, 9.17) is 5.73 Å². The highest BCUT2D eigenvalue weighted by molar-refractivity contribution is 5.22. The van der Waals surface area contributed by atoms with E-state index >= 15 is 0 Å². The lowest BCUT2D eigenvalue weighted by atomic mass is 9.82. The molecule has 2 aliphatic heterocycles. The molecule has 2 aliphatic rings. The molecule has 2 heterocycles. The molecule has 0 spiro atoms. The van der Waals surface area contributed by atoms with E-state index in [0.717, 1.165) is 12.8 Å². The number of halogens is 2. The molecule has 104 valence electrons. The van der Waals surface area contributed by atoms with Crippen molar-refractivity contribution in [3.8, 4) is 0 Å². The molecule has 0 aromatic heterocycles. The largest absolute Gasteiger partial charge is 0.324 e. The number of hydrogen-bond acceptors (Lipinski definition) is 2. The first-order chi connectivity index (χ1) is 9.06. The molecular formula is C15H20F2N2. The van der Waals surface area contributed by atoms with E-state index in [-0.39, 0.29) is 6.04 Å². The van der Waals surface area contributed by atoms with Gasteiger partial charge in [-0.05, 0) is 56.3 Å². The predicted octanol–water partition coefficient (Wildman–Crippen LogP) is 2.84. The number of hydrogen-bond donors (Lipinski definition) is 1. The molecule has 0 aliphatic carbocycles. The SMILES string of the molecule is CN1C2CCC1CC(C(N)c1ccc(F)c(F)c1)C2. The smallest absolute Gasteiger partial charge is 0.159 e. The topological polar surface area (TPSA) is 29.3 Å². The minimum Gasteiger partial charge on any atom is -0.324 e. The number of fused-ring (bicyclic) bond motifs is 2. The number of nitrogens with zero attached hydrogens (tertiary/aromatic N) is 1. The Morgan fingerprint density at radius 2 is 1.79 bits per heavy atom. The average molecular weight is 266 g/mol. The normalized spacial score (nSPS) is 32.5. The fraction of sp³-hybridized carbons (Fsp3) is 0.600. The molecule has 0 radical (unpaired) electrons. The molecule has 2 saturated heterocycles. The Hall–Kier alpha value is -1.00. The van der Waals surface area contributed by atoms with Crippen LogP contribution in [0.25, 0.3) is 0 Å². The second-order valence-electron chi connectivity index (χ2n) is 5.98. The fourth-order valence-corrected chi connectivity index (χ4v) is 3.74. The zero-order valence-electron chi connectivity index (χ0n) is 11.2. The van der Waals surface area contributed by atoms with Crippen LogP contribution in [0.2, 0.25) is 0 Å². The van der Waals surface area contributed by atoms with Crippen molar-refractivity contribution in [2.75, 3.05) is 7.05 Å². The highest BCUT2D eigenvalue weighted by atomic mass is 19.2. The summed E-state index contributed by atoms with van der Waals surface area (Å²) < 4.78 is 26.3. The quantitative estimate of drug-likeness (QED) is 0.892. The first kappa shape index (κ1) is 13.0. The van der Waals surface area contributed by atoms with E-state index in [1.54, 1.807) is 6.07 Å². The summed E-state index contributed by atoms with van der Waals surface area (Å²) >= 11 is 0. The fourth-order valence-electron chi connectivity index (χ4n) is 3.74. The summed E-state index contributed by atoms with van der Waals surface area (Å²) in [5.74, 6) is -1.23. The molecule has 1 aromatic carbocycles. The van der Waals surface area contributed by atoms with Crippen molar-refractivity contribution in [2.45, 2.75) is 43.8 Å². The van der Waals surface area contributed by atoms with Crippen LogP contribution in [0.5, 0.6) is 0 Å². The van der Waals surface area contributed by atoms with E-state index in [1.165, 1.54) is 25.0 Å². The van der Waals surface area contributed by atoms with Crippen molar-refractivity contribution in [1.82, 2.24) is 4.90 Å². The zero-order chi connectivity index (χ0) is 13.6. The standard InChI is InChI=1S/C15H20F2N2/c1-19-11-3-4-12(19)7-10(6-11)15(18)9-2-5-13(16)14(17)8-9/h2,5,8,10-12,15H,3-4,6-7,18H2,1H3. The van der Waals surface area contributed by atoms with Crippen LogP contribution in [0, 0.1) is 17.6 Å². The summed E-state index contributed by atoms with van der Waals surface area (Å²) in [7, 11) is 2.18. The van der Waals surface area contributed by atoms with Crippen molar-refractivity contribution >= 4 is 0 Å². The zero-order valence-corrected chi connectivity index (χ0v) is 11.2. The van der Waals surface area contributed by atoms with Gasteiger partial charge < -0.3 is 10.6 Å². The summed E-state index contributed by atoms with van der Waals surface area (Å²) in [6, 6.07) is 5.07. The van der Waals surface area contributed by atoms with Crippen LogP contribution in [-0.2, 0) is 0 Å². The number of nitrogens with two attached hydrogens (primary N) is 1. The number of rotatable bonds is 2. The van der Waals surface area contributed by atoms with Crippen LogP contribution >= 0.6 is 0 Å². The van der Waals surface area contributed by atoms with Crippen LogP contribution in [0.4, 0.5) is 8.78 Å². The summed E-state index contributed by atoms with van der Waals surface area (Å²) in [5, 5.41) is 0. The molecule has 19 heavy (non-hydrogen) atoms. The lowest BCUT2D eigenvalue weighted by molar-refractivity contribution is 0.120. The average Bonchev–Trinajstić information content (AvgIpc) is 2.64. The second-order valence-corrected chi connectivity index (χ2v) is 5.98. The summed E-state index contributed by atoms with van der Waals surface area (Å²) in [4.78, 5) is 2.45. The van der Waals surface area contributed by atoms with Gasteiger partial charge in [-0.2, -0.15) is 0 Å². The molecule has 2 bridgehead atoms. The third-order valence-electron chi connectivity index (χ3n) is 4.97. The van der Waals surface area contributed by atoms with Crippen molar-refractivity contribution in [3.05, 3.63) is 35.4 Å². The molecular weight excluding hydrogens is 246 g/mol. The molecule has 2 nitrogen and oxygen atoms in total. The lowest BCUT2D eigenvalue weighted by Gasteiger charge is -2.38. The lowest BCUT2D eigenvalue weighted by Crippen LogP contribution is -2.42. The maximum atomic E-state index is 13.3. The van der Waals surface area contributed by atoms with Gasteiger partial charge in [0.05, 0.1) is 0 Å². The number of piperidine rings is 1. The van der Waals surface area contributed by atoms with Gasteiger partial charge in [-0.15, -0.1) is 0 Å². The molecule has 3 unspecified atom stereocenters. The highest BCUT2D eigenvalue weighted by Crippen LogP contribution is 2.41. The van der Waals surface area contributed by atoms with Crippen molar-refractivity contribution in [3.63, 3.8) is 0 Å². The van der Waals surface area contributed by atoms with Crippen LogP contribution in [0.15, 0.2) is 18.2 Å². The molecule has 2 fully saturated rings. The van der Waals surface area contributed by atoms with Crippen molar-refractivity contribution < 1.29 is 8.78 Å². The van der Waals surface area contributed by atoms with E-state index in [1.807, 2.05) is 0 Å². The van der Waals surface area contributed by atoms with E-state index in [9.17, 15) is 8.78 Å². The summed E-state index contributed by atoms with van der Waals surface area (Å²) in [6.45, 7) is 0. The van der Waals surface area contributed by atoms with Gasteiger partial charge in [0, 0.05) is 18.1 Å². The molecule has 0 amide bonds. The van der Waals surface area contributed by atoms with E-state index in [2.05, 4.69) is 11.9 Å². The van der Waals surface area contributed by atoms with Crippen LogP contribution in [-0.4, -0.2) is 24.0 Å². The summed E-state index contributed by atoms with van der Waals surface area (Å²) in [6.07, 6.45) is 4.60. The van der Waals surface area contributed by atoms with Gasteiger partial charge in [0.25, 0.3) is 0 Å². The molecule has 3 atom stereocenters. The molecule has 2 N–H and O–H groups in total. The Kier molecular flexibility index (Phi) is 3.31. The molecule has 3 rings (SSSR count). The van der Waals surface area contributed by atoms with Gasteiger partial charge in [0.2, 0.25) is 0 Å². The maximum absolute atomic E-state index is 13.3. The van der Waals surface area contributed by atoms with Crippen molar-refractivity contribution in [2.24, 2.45) is 11.7 Å². The molecule has 1 aromatic rings. The highest BCUT2D eigenvalue weighted by Gasteiger charge is 2.40. The Morgan fingerprint density at radius 3 is 2.37 bits per heavy atom.